The number of halogens is 1. The summed E-state index contributed by atoms with van der Waals surface area (Å²) in [5, 5.41) is 9.84. The Morgan fingerprint density at radius 2 is 1.95 bits per heavy atom. The summed E-state index contributed by atoms with van der Waals surface area (Å²) in [4.78, 5) is 4.59. The number of rotatable bonds is 2. The van der Waals surface area contributed by atoms with Crippen LogP contribution in [-0.4, -0.2) is 23.2 Å². The highest BCUT2D eigenvalue weighted by molar-refractivity contribution is 5.94. The van der Waals surface area contributed by atoms with E-state index in [1.807, 2.05) is 24.3 Å². The molecule has 2 aromatic carbocycles. The van der Waals surface area contributed by atoms with Crippen molar-refractivity contribution < 1.29 is 4.52 Å². The molecule has 1 unspecified atom stereocenters. The lowest BCUT2D eigenvalue weighted by molar-refractivity contribution is 0.359. The molecule has 1 aromatic heterocycles. The lowest BCUT2D eigenvalue weighted by Crippen LogP contribution is -2.08. The van der Waals surface area contributed by atoms with Crippen LogP contribution in [0.5, 0.6) is 0 Å². The fourth-order valence-electron chi connectivity index (χ4n) is 2.80. The summed E-state index contributed by atoms with van der Waals surface area (Å²) >= 11 is 0. The first-order chi connectivity index (χ1) is 9.92. The fourth-order valence-corrected chi connectivity index (χ4v) is 2.80. The van der Waals surface area contributed by atoms with E-state index in [9.17, 15) is 0 Å². The molecule has 0 saturated carbocycles. The zero-order valence-electron chi connectivity index (χ0n) is 11.5. The highest BCUT2D eigenvalue weighted by Gasteiger charge is 2.23. The van der Waals surface area contributed by atoms with Crippen molar-refractivity contribution in [3.8, 4) is 11.4 Å². The van der Waals surface area contributed by atoms with Gasteiger partial charge in [0.2, 0.25) is 11.7 Å². The van der Waals surface area contributed by atoms with Crippen LogP contribution in [0.2, 0.25) is 0 Å². The van der Waals surface area contributed by atoms with Gasteiger partial charge in [0.05, 0.1) is 5.92 Å². The maximum atomic E-state index is 5.45. The van der Waals surface area contributed by atoms with Gasteiger partial charge in [-0.05, 0) is 23.7 Å². The fraction of sp³-hybridized carbons (Fsp3) is 0.250. The molecular formula is C16H16ClN3O. The Morgan fingerprint density at radius 1 is 1.10 bits per heavy atom. The predicted molar refractivity (Wildman–Crippen MR) is 84.7 cm³/mol. The van der Waals surface area contributed by atoms with Gasteiger partial charge in [-0.2, -0.15) is 4.98 Å². The maximum Gasteiger partial charge on any atom is 0.231 e. The minimum Gasteiger partial charge on any atom is -0.339 e. The Kier molecular flexibility index (Phi) is 3.90. The monoisotopic (exact) mass is 301 g/mol. The molecule has 2 heterocycles. The van der Waals surface area contributed by atoms with E-state index in [1.54, 1.807) is 0 Å². The Hall–Kier alpha value is -1.91. The quantitative estimate of drug-likeness (QED) is 0.788. The highest BCUT2D eigenvalue weighted by atomic mass is 35.5. The maximum absolute atomic E-state index is 5.45. The molecule has 5 heteroatoms. The summed E-state index contributed by atoms with van der Waals surface area (Å²) in [6.45, 7) is 1.95. The molecule has 4 nitrogen and oxygen atoms in total. The topological polar surface area (TPSA) is 51.0 Å². The lowest BCUT2D eigenvalue weighted by atomic mass is 10.0. The van der Waals surface area contributed by atoms with Crippen LogP contribution in [0.1, 0.15) is 18.2 Å². The van der Waals surface area contributed by atoms with Gasteiger partial charge in [-0.25, -0.2) is 0 Å². The van der Waals surface area contributed by atoms with Crippen LogP contribution in [0.4, 0.5) is 0 Å². The van der Waals surface area contributed by atoms with E-state index < -0.39 is 0 Å². The number of aromatic nitrogens is 2. The summed E-state index contributed by atoms with van der Waals surface area (Å²) in [6, 6.07) is 14.4. The first-order valence-electron chi connectivity index (χ1n) is 6.94. The number of hydrogen-bond donors (Lipinski definition) is 1. The Bertz CT molecular complexity index is 745. The minimum atomic E-state index is 0. The standard InChI is InChI=1S/C16H15N3O.ClH/c1-2-6-13-11(4-1)5-3-7-14(13)15-18-16(20-19-15)12-8-9-17-10-12;/h1-7,12,17H,8-10H2;1H. The Morgan fingerprint density at radius 3 is 2.81 bits per heavy atom. The van der Waals surface area contributed by atoms with Gasteiger partial charge in [0.25, 0.3) is 0 Å². The first-order valence-corrected chi connectivity index (χ1v) is 6.94. The number of hydrogen-bond acceptors (Lipinski definition) is 4. The Balaban J connectivity index is 0.00000132. The zero-order valence-corrected chi connectivity index (χ0v) is 12.3. The normalized spacial score (nSPS) is 17.8. The van der Waals surface area contributed by atoms with Gasteiger partial charge in [-0.15, -0.1) is 12.4 Å². The van der Waals surface area contributed by atoms with Gasteiger partial charge >= 0.3 is 0 Å². The molecule has 0 amide bonds. The van der Waals surface area contributed by atoms with Crippen molar-refractivity contribution in [2.24, 2.45) is 0 Å². The smallest absolute Gasteiger partial charge is 0.231 e. The molecule has 1 aliphatic rings. The molecule has 1 N–H and O–H groups in total. The van der Waals surface area contributed by atoms with Crippen LogP contribution in [0, 0.1) is 0 Å². The van der Waals surface area contributed by atoms with E-state index in [4.69, 9.17) is 4.52 Å². The number of fused-ring (bicyclic) bond motifs is 1. The van der Waals surface area contributed by atoms with E-state index >= 15 is 0 Å². The molecule has 0 radical (unpaired) electrons. The van der Waals surface area contributed by atoms with E-state index in [1.165, 1.54) is 5.39 Å². The van der Waals surface area contributed by atoms with Gasteiger partial charge in [0.15, 0.2) is 0 Å². The second-order valence-corrected chi connectivity index (χ2v) is 5.17. The summed E-state index contributed by atoms with van der Waals surface area (Å²) in [6.07, 6.45) is 1.07. The van der Waals surface area contributed by atoms with Crippen molar-refractivity contribution >= 4 is 23.2 Å². The van der Waals surface area contributed by atoms with Crippen LogP contribution in [0.25, 0.3) is 22.2 Å². The molecule has 21 heavy (non-hydrogen) atoms. The van der Waals surface area contributed by atoms with Gasteiger partial charge in [-0.1, -0.05) is 47.6 Å². The molecule has 0 bridgehead atoms. The SMILES string of the molecule is Cl.c1ccc2c(-c3noc(C4CCNC4)n3)cccc2c1. The highest BCUT2D eigenvalue weighted by Crippen LogP contribution is 2.28. The summed E-state index contributed by atoms with van der Waals surface area (Å²) in [5.74, 6) is 1.79. The summed E-state index contributed by atoms with van der Waals surface area (Å²) in [5.41, 5.74) is 1.03. The molecule has 1 aliphatic heterocycles. The van der Waals surface area contributed by atoms with Gasteiger partial charge in [-0.3, -0.25) is 0 Å². The zero-order chi connectivity index (χ0) is 13.4. The van der Waals surface area contributed by atoms with E-state index in [-0.39, 0.29) is 12.4 Å². The summed E-state index contributed by atoms with van der Waals surface area (Å²) in [7, 11) is 0. The molecular weight excluding hydrogens is 286 g/mol. The molecule has 1 fully saturated rings. The van der Waals surface area contributed by atoms with Crippen LogP contribution in [-0.2, 0) is 0 Å². The van der Waals surface area contributed by atoms with Crippen molar-refractivity contribution in [3.05, 3.63) is 48.4 Å². The van der Waals surface area contributed by atoms with Gasteiger partial charge < -0.3 is 9.84 Å². The Labute approximate surface area is 129 Å². The van der Waals surface area contributed by atoms with Crippen LogP contribution >= 0.6 is 12.4 Å². The molecule has 3 aromatic rings. The third kappa shape index (κ3) is 2.52. The molecule has 1 saturated heterocycles. The van der Waals surface area contributed by atoms with Crippen molar-refractivity contribution in [1.29, 1.82) is 0 Å². The van der Waals surface area contributed by atoms with Crippen molar-refractivity contribution in [2.45, 2.75) is 12.3 Å². The minimum absolute atomic E-state index is 0. The van der Waals surface area contributed by atoms with Crippen LogP contribution in [0.15, 0.2) is 47.0 Å². The first kappa shape index (κ1) is 14.0. The molecule has 1 atom stereocenters. The van der Waals surface area contributed by atoms with Gasteiger partial charge in [0, 0.05) is 12.1 Å². The molecule has 0 spiro atoms. The number of nitrogens with zero attached hydrogens (tertiary/aromatic N) is 2. The molecule has 108 valence electrons. The number of benzene rings is 2. The average molecular weight is 302 g/mol. The summed E-state index contributed by atoms with van der Waals surface area (Å²) < 4.78 is 5.45. The molecule has 4 rings (SSSR count). The predicted octanol–water partition coefficient (Wildman–Crippen LogP) is 3.39. The third-order valence-corrected chi connectivity index (χ3v) is 3.88. The van der Waals surface area contributed by atoms with Crippen molar-refractivity contribution in [3.63, 3.8) is 0 Å². The van der Waals surface area contributed by atoms with Crippen molar-refractivity contribution in [1.82, 2.24) is 15.5 Å². The average Bonchev–Trinajstić information content (AvgIpc) is 3.17. The van der Waals surface area contributed by atoms with E-state index in [0.717, 1.165) is 36.4 Å². The lowest BCUT2D eigenvalue weighted by Gasteiger charge is -2.02. The van der Waals surface area contributed by atoms with E-state index in [2.05, 4.69) is 33.7 Å². The third-order valence-electron chi connectivity index (χ3n) is 3.88. The second kappa shape index (κ2) is 5.84. The number of nitrogens with one attached hydrogen (secondary N) is 1. The van der Waals surface area contributed by atoms with Crippen LogP contribution in [0.3, 0.4) is 0 Å². The second-order valence-electron chi connectivity index (χ2n) is 5.17. The molecule has 0 aliphatic carbocycles. The van der Waals surface area contributed by atoms with E-state index in [0.29, 0.717) is 11.7 Å². The van der Waals surface area contributed by atoms with Crippen LogP contribution < -0.4 is 5.32 Å². The van der Waals surface area contributed by atoms with Gasteiger partial charge in [0.1, 0.15) is 0 Å². The largest absolute Gasteiger partial charge is 0.339 e. The van der Waals surface area contributed by atoms with Crippen molar-refractivity contribution in [2.75, 3.05) is 13.1 Å².